The van der Waals surface area contributed by atoms with Gasteiger partial charge >= 0.3 is 5.97 Å². The first kappa shape index (κ1) is 23.9. The molecule has 0 saturated carbocycles. The van der Waals surface area contributed by atoms with Crippen LogP contribution < -0.4 is 5.32 Å². The summed E-state index contributed by atoms with van der Waals surface area (Å²) in [5.41, 5.74) is 0.580. The van der Waals surface area contributed by atoms with E-state index in [1.165, 1.54) is 0 Å². The monoisotopic (exact) mass is 481 g/mol. The van der Waals surface area contributed by atoms with Crippen molar-refractivity contribution in [2.45, 2.75) is 43.4 Å². The molecule has 1 aliphatic heterocycles. The van der Waals surface area contributed by atoms with Crippen molar-refractivity contribution in [2.75, 3.05) is 18.4 Å². The molecule has 2 N–H and O–H groups in total. The van der Waals surface area contributed by atoms with Crippen molar-refractivity contribution in [3.8, 4) is 0 Å². The van der Waals surface area contributed by atoms with Gasteiger partial charge in [-0.3, -0.25) is 4.90 Å². The Hall–Kier alpha value is -1.80. The number of anilines is 2. The molecule has 2 aromatic rings. The summed E-state index contributed by atoms with van der Waals surface area (Å²) in [6.45, 7) is 4.96. The Bertz CT molecular complexity index is 947. The lowest BCUT2D eigenvalue weighted by atomic mass is 9.81. The average molecular weight is 482 g/mol. The van der Waals surface area contributed by atoms with E-state index < -0.39 is 11.5 Å². The third kappa shape index (κ3) is 4.70. The second-order valence-electron chi connectivity index (χ2n) is 7.89. The zero-order valence-electron chi connectivity index (χ0n) is 17.4. The molecule has 1 unspecified atom stereocenters. The van der Waals surface area contributed by atoms with Gasteiger partial charge in [0.15, 0.2) is 0 Å². The molecule has 166 valence electrons. The van der Waals surface area contributed by atoms with Crippen LogP contribution in [0.3, 0.4) is 0 Å². The lowest BCUT2D eigenvalue weighted by Gasteiger charge is -2.46. The number of benzene rings is 2. The van der Waals surface area contributed by atoms with Gasteiger partial charge in [0.25, 0.3) is 0 Å². The van der Waals surface area contributed by atoms with E-state index in [0.29, 0.717) is 59.3 Å². The third-order valence-corrected chi connectivity index (χ3v) is 7.63. The van der Waals surface area contributed by atoms with E-state index in [1.54, 1.807) is 18.2 Å². The molecule has 0 radical (unpaired) electrons. The maximum Gasteiger partial charge on any atom is 0.328 e. The Labute approximate surface area is 196 Å². The van der Waals surface area contributed by atoms with E-state index in [-0.39, 0.29) is 4.75 Å². The van der Waals surface area contributed by atoms with Gasteiger partial charge in [0.2, 0.25) is 0 Å². The molecular formula is C22H25Cl2N3O3S. The molecule has 0 amide bonds. The first-order chi connectivity index (χ1) is 14.8. The topological polar surface area (TPSA) is 82.0 Å². The minimum absolute atomic E-state index is 0.279. The summed E-state index contributed by atoms with van der Waals surface area (Å²) < 4.78 is 2.73. The minimum atomic E-state index is -1.24. The van der Waals surface area contributed by atoms with Gasteiger partial charge in [-0.15, -0.1) is 4.91 Å². The highest BCUT2D eigenvalue weighted by Crippen LogP contribution is 2.44. The molecule has 0 aliphatic carbocycles. The molecule has 9 heteroatoms. The number of carbonyl (C=O) groups is 1. The predicted octanol–water partition coefficient (Wildman–Crippen LogP) is 6.70. The summed E-state index contributed by atoms with van der Waals surface area (Å²) in [5, 5.41) is 14.6. The summed E-state index contributed by atoms with van der Waals surface area (Å²) in [4.78, 5) is 25.6. The van der Waals surface area contributed by atoms with Gasteiger partial charge in [-0.05, 0) is 44.4 Å². The fourth-order valence-corrected chi connectivity index (χ4v) is 5.27. The number of nitrogens with zero attached hydrogens (tertiary/aromatic N) is 2. The van der Waals surface area contributed by atoms with E-state index in [9.17, 15) is 14.8 Å². The zero-order chi connectivity index (χ0) is 22.6. The molecule has 1 atom stereocenters. The number of carboxylic acids is 1. The molecule has 31 heavy (non-hydrogen) atoms. The number of rotatable bonds is 8. The molecule has 0 spiro atoms. The van der Waals surface area contributed by atoms with Crippen molar-refractivity contribution in [3.05, 3.63) is 63.0 Å². The van der Waals surface area contributed by atoms with E-state index >= 15 is 0 Å². The summed E-state index contributed by atoms with van der Waals surface area (Å²) in [5.74, 6) is -0.917. The third-order valence-electron chi connectivity index (χ3n) is 6.08. The lowest BCUT2D eigenvalue weighted by Crippen LogP contribution is -2.56. The number of nitrogens with one attached hydrogen (secondary N) is 1. The Balaban J connectivity index is 2.03. The number of hydrogen-bond acceptors (Lipinski definition) is 6. The van der Waals surface area contributed by atoms with Crippen molar-refractivity contribution in [1.29, 1.82) is 0 Å². The number of para-hydroxylation sites is 2. The quantitative estimate of drug-likeness (QED) is 0.322. The molecule has 2 aromatic carbocycles. The van der Waals surface area contributed by atoms with Gasteiger partial charge in [-0.25, -0.2) is 4.79 Å². The molecule has 0 bridgehead atoms. The van der Waals surface area contributed by atoms with Crippen molar-refractivity contribution >= 4 is 52.5 Å². The molecular weight excluding hydrogens is 457 g/mol. The van der Waals surface area contributed by atoms with Crippen molar-refractivity contribution in [2.24, 2.45) is 4.58 Å². The first-order valence-corrected chi connectivity index (χ1v) is 11.6. The lowest BCUT2D eigenvalue weighted by molar-refractivity contribution is -0.154. The average Bonchev–Trinajstić information content (AvgIpc) is 2.74. The number of likely N-dealkylation sites (tertiary alicyclic amines) is 1. The molecule has 6 nitrogen and oxygen atoms in total. The van der Waals surface area contributed by atoms with E-state index in [2.05, 4.69) is 9.90 Å². The van der Waals surface area contributed by atoms with Crippen LogP contribution in [0.2, 0.25) is 10.0 Å². The van der Waals surface area contributed by atoms with Crippen LogP contribution in [0.15, 0.2) is 47.0 Å². The number of hydrogen-bond donors (Lipinski definition) is 2. The van der Waals surface area contributed by atoms with Crippen LogP contribution in [0.4, 0.5) is 11.4 Å². The number of carboxylic acid groups (broad SMARTS) is 1. The van der Waals surface area contributed by atoms with Gasteiger partial charge in [0.05, 0.1) is 15.7 Å². The number of piperidine rings is 1. The van der Waals surface area contributed by atoms with Gasteiger partial charge in [-0.1, -0.05) is 54.4 Å². The highest BCUT2D eigenvalue weighted by Gasteiger charge is 2.48. The van der Waals surface area contributed by atoms with Gasteiger partial charge in [-0.2, -0.15) is 0 Å². The first-order valence-electron chi connectivity index (χ1n) is 10.1. The molecule has 0 aromatic heterocycles. The van der Waals surface area contributed by atoms with E-state index in [0.717, 1.165) is 11.9 Å². The predicted molar refractivity (Wildman–Crippen MR) is 128 cm³/mol. The molecule has 1 fully saturated rings. The van der Waals surface area contributed by atoms with Gasteiger partial charge < -0.3 is 10.4 Å². The fourth-order valence-electron chi connectivity index (χ4n) is 4.23. The zero-order valence-corrected chi connectivity index (χ0v) is 19.7. The second kappa shape index (κ2) is 9.77. The Morgan fingerprint density at radius 1 is 1.19 bits per heavy atom. The summed E-state index contributed by atoms with van der Waals surface area (Å²) in [7, 11) is 0. The van der Waals surface area contributed by atoms with Crippen LogP contribution in [0.25, 0.3) is 0 Å². The number of aliphatic carboxylic acids is 1. The normalized spacial score (nSPS) is 18.2. The smallest absolute Gasteiger partial charge is 0.328 e. The van der Waals surface area contributed by atoms with Crippen LogP contribution in [0.5, 0.6) is 0 Å². The van der Waals surface area contributed by atoms with Gasteiger partial charge in [0.1, 0.15) is 5.54 Å². The Kier molecular flexibility index (Phi) is 7.52. The Morgan fingerprint density at radius 2 is 1.81 bits per heavy atom. The van der Waals surface area contributed by atoms with Crippen molar-refractivity contribution in [1.82, 2.24) is 4.90 Å². The van der Waals surface area contributed by atoms with Gasteiger partial charge in [0, 0.05) is 45.6 Å². The maximum absolute atomic E-state index is 12.8. The van der Waals surface area contributed by atoms with Crippen molar-refractivity contribution in [3.63, 3.8) is 0 Å². The standard InChI is InChI=1S/C22H25Cl2N3O3S/c1-3-22(20(28)29,27-13-11-21(2,12-14-27)31-26-30)15-7-4-5-10-18(15)25-19-16(23)8-6-9-17(19)24/h4-10,25H,3,11-14H2,1-2H3,(H,28,29). The van der Waals surface area contributed by atoms with Crippen LogP contribution in [-0.4, -0.2) is 33.8 Å². The maximum atomic E-state index is 12.8. The number of nitroso groups, excluding NO2 is 1. The largest absolute Gasteiger partial charge is 0.480 e. The van der Waals surface area contributed by atoms with Crippen LogP contribution in [0, 0.1) is 4.91 Å². The SMILES string of the molecule is CCC(C(=O)O)(c1ccccc1Nc1c(Cl)cccc1Cl)N1CCC(C)(SN=O)CC1. The highest BCUT2D eigenvalue weighted by atomic mass is 35.5. The highest BCUT2D eigenvalue weighted by molar-refractivity contribution is 7.99. The number of halogens is 2. The summed E-state index contributed by atoms with van der Waals surface area (Å²) in [6, 6.07) is 12.6. The second-order valence-corrected chi connectivity index (χ2v) is 10.0. The van der Waals surface area contributed by atoms with E-state index in [4.69, 9.17) is 23.2 Å². The summed E-state index contributed by atoms with van der Waals surface area (Å²) in [6.07, 6.45) is 1.71. The van der Waals surface area contributed by atoms with Crippen LogP contribution in [-0.2, 0) is 10.3 Å². The van der Waals surface area contributed by atoms with Crippen LogP contribution >= 0.6 is 35.1 Å². The van der Waals surface area contributed by atoms with E-state index in [1.807, 2.05) is 43.0 Å². The molecule has 1 aliphatic rings. The molecule has 3 rings (SSSR count). The molecule has 1 saturated heterocycles. The fraction of sp³-hybridized carbons (Fsp3) is 0.409. The Morgan fingerprint density at radius 3 is 2.35 bits per heavy atom. The van der Waals surface area contributed by atoms with Crippen molar-refractivity contribution < 1.29 is 9.90 Å². The minimum Gasteiger partial charge on any atom is -0.480 e. The summed E-state index contributed by atoms with van der Waals surface area (Å²) >= 11 is 13.7. The molecule has 1 heterocycles. The van der Waals surface area contributed by atoms with Crippen LogP contribution in [0.1, 0.15) is 38.7 Å².